The molecule has 75 heavy (non-hydrogen) atoms. The number of anilines is 2. The molecule has 12 nitrogen and oxygen atoms in total. The topological polar surface area (TPSA) is 121 Å². The van der Waals surface area contributed by atoms with Crippen LogP contribution in [0.5, 0.6) is 0 Å². The van der Waals surface area contributed by atoms with Crippen LogP contribution in [0.25, 0.3) is 0 Å². The lowest BCUT2D eigenvalue weighted by atomic mass is 9.78. The molecule has 12 heteroatoms. The highest BCUT2D eigenvalue weighted by atomic mass is 15.3. The predicted molar refractivity (Wildman–Crippen MR) is 324 cm³/mol. The third-order valence-corrected chi connectivity index (χ3v) is 17.1. The SMILES string of the molecule is CCN(CCCCCCN(c1nc(NC(C)(C)CC(C)(C)C)nc(C(C)N(CCCCCCNC2CC(C)(C)NC(C)(C)C2)C2CC(C)(C)NC(C)(C)C2)n1)C1CC(C)(C)NC(C)(C)C1)C1CC(C)(C)NC(C)(C)C1. The quantitative estimate of drug-likeness (QED) is 0.0523. The summed E-state index contributed by atoms with van der Waals surface area (Å²) in [4.78, 5) is 25.0. The van der Waals surface area contributed by atoms with Crippen molar-refractivity contribution in [1.82, 2.24) is 51.3 Å². The lowest BCUT2D eigenvalue weighted by Crippen LogP contribution is -2.62. The first-order chi connectivity index (χ1) is 34.2. The normalized spacial score (nSPS) is 24.4. The molecular formula is C63H124N12. The molecule has 0 amide bonds. The highest BCUT2D eigenvalue weighted by molar-refractivity contribution is 5.41. The first-order valence-electron chi connectivity index (χ1n) is 30.9. The second kappa shape index (κ2) is 24.6. The van der Waals surface area contributed by atoms with Gasteiger partial charge in [0.15, 0.2) is 5.82 Å². The van der Waals surface area contributed by atoms with E-state index in [9.17, 15) is 0 Å². The third kappa shape index (κ3) is 21.1. The van der Waals surface area contributed by atoms with E-state index in [4.69, 9.17) is 15.0 Å². The third-order valence-electron chi connectivity index (χ3n) is 17.1. The fourth-order valence-electron chi connectivity index (χ4n) is 16.3. The Morgan fingerprint density at radius 2 is 0.920 bits per heavy atom. The number of hydrogen-bond acceptors (Lipinski definition) is 12. The van der Waals surface area contributed by atoms with Crippen LogP contribution >= 0.6 is 0 Å². The van der Waals surface area contributed by atoms with Gasteiger partial charge < -0.3 is 41.7 Å². The molecule has 1 aromatic rings. The summed E-state index contributed by atoms with van der Waals surface area (Å²) in [5, 5.41) is 23.7. The van der Waals surface area contributed by atoms with Crippen molar-refractivity contribution in [2.24, 2.45) is 5.41 Å². The van der Waals surface area contributed by atoms with Crippen molar-refractivity contribution in [2.45, 2.75) is 348 Å². The minimum atomic E-state index is -0.217. The van der Waals surface area contributed by atoms with Crippen LogP contribution in [-0.2, 0) is 0 Å². The Labute approximate surface area is 464 Å². The molecule has 0 aliphatic carbocycles. The Kier molecular flexibility index (Phi) is 21.0. The molecule has 4 saturated heterocycles. The molecule has 6 N–H and O–H groups in total. The van der Waals surface area contributed by atoms with Gasteiger partial charge in [-0.2, -0.15) is 15.0 Å². The molecule has 0 aromatic carbocycles. The van der Waals surface area contributed by atoms with Gasteiger partial charge in [-0.3, -0.25) is 4.90 Å². The Hall–Kier alpha value is -1.67. The van der Waals surface area contributed by atoms with E-state index in [1.807, 2.05) is 0 Å². The van der Waals surface area contributed by atoms with E-state index >= 15 is 0 Å². The van der Waals surface area contributed by atoms with E-state index in [0.29, 0.717) is 24.2 Å². The largest absolute Gasteiger partial charge is 0.349 e. The van der Waals surface area contributed by atoms with Crippen molar-refractivity contribution in [3.8, 4) is 0 Å². The molecule has 5 heterocycles. The molecule has 0 spiro atoms. The molecule has 1 atom stereocenters. The summed E-state index contributed by atoms with van der Waals surface area (Å²) in [7, 11) is 0. The standard InChI is InChI=1S/C63H124N12/c1-24-73(48-39-57(10,11)70-58(12,13)40-48)34-30-27-28-32-36-75(50-43-61(18,19)72-62(20,21)44-50)53-66-51(65-52(67-53)68-63(22,23)45-54(3,4)5)46(2)74(49-41-59(14,15)71-60(16,17)42-49)35-31-26-25-29-33-64-47-37-55(6,7)69-56(8,9)38-47/h46-50,64,69-72H,24-45H2,1-23H3,(H,65,66,67,68). The lowest BCUT2D eigenvalue weighted by molar-refractivity contribution is 0.0392. The van der Waals surface area contributed by atoms with Gasteiger partial charge in [-0.1, -0.05) is 53.4 Å². The van der Waals surface area contributed by atoms with Crippen LogP contribution in [0.4, 0.5) is 11.9 Å². The number of hydrogen-bond donors (Lipinski definition) is 6. The van der Waals surface area contributed by atoms with Gasteiger partial charge in [-0.25, -0.2) is 0 Å². The van der Waals surface area contributed by atoms with Gasteiger partial charge in [0, 0.05) is 80.6 Å². The van der Waals surface area contributed by atoms with Gasteiger partial charge in [-0.05, 0) is 247 Å². The Balaban J connectivity index is 1.42. The van der Waals surface area contributed by atoms with Crippen molar-refractivity contribution in [1.29, 1.82) is 0 Å². The molecule has 4 aliphatic rings. The van der Waals surface area contributed by atoms with Crippen LogP contribution in [0.3, 0.4) is 0 Å². The van der Waals surface area contributed by atoms with Gasteiger partial charge >= 0.3 is 0 Å². The highest BCUT2D eigenvalue weighted by Crippen LogP contribution is 2.39. The van der Waals surface area contributed by atoms with Crippen LogP contribution < -0.4 is 36.8 Å². The fourth-order valence-corrected chi connectivity index (χ4v) is 16.3. The fraction of sp³-hybridized carbons (Fsp3) is 0.952. The Morgan fingerprint density at radius 1 is 0.507 bits per heavy atom. The molecule has 1 aromatic heterocycles. The summed E-state index contributed by atoms with van der Waals surface area (Å²) in [6.07, 6.45) is 19.7. The molecule has 0 saturated carbocycles. The maximum atomic E-state index is 5.72. The van der Waals surface area contributed by atoms with E-state index in [1.165, 1.54) is 77.2 Å². The number of nitrogens with zero attached hydrogens (tertiary/aromatic N) is 6. The smallest absolute Gasteiger partial charge is 0.230 e. The van der Waals surface area contributed by atoms with Gasteiger partial charge in [0.1, 0.15) is 0 Å². The van der Waals surface area contributed by atoms with Crippen molar-refractivity contribution in [2.75, 3.05) is 42.9 Å². The molecular weight excluding hydrogens is 925 g/mol. The van der Waals surface area contributed by atoms with Crippen molar-refractivity contribution < 1.29 is 0 Å². The van der Waals surface area contributed by atoms with Crippen molar-refractivity contribution in [3.63, 3.8) is 0 Å². The average Bonchev–Trinajstić information content (AvgIpc) is 3.16. The van der Waals surface area contributed by atoms with Gasteiger partial charge in [0.2, 0.25) is 11.9 Å². The lowest BCUT2D eigenvalue weighted by Gasteiger charge is -2.51. The van der Waals surface area contributed by atoms with Gasteiger partial charge in [0.25, 0.3) is 0 Å². The summed E-state index contributed by atoms with van der Waals surface area (Å²) in [6, 6.07) is 1.90. The summed E-state index contributed by atoms with van der Waals surface area (Å²) < 4.78 is 0. The minimum absolute atomic E-state index is 0.0152. The maximum Gasteiger partial charge on any atom is 0.230 e. The monoisotopic (exact) mass is 1050 g/mol. The number of piperidine rings is 4. The van der Waals surface area contributed by atoms with Crippen LogP contribution in [0.1, 0.15) is 280 Å². The molecule has 5 rings (SSSR count). The van der Waals surface area contributed by atoms with Crippen molar-refractivity contribution in [3.05, 3.63) is 5.82 Å². The summed E-state index contributed by atoms with van der Waals surface area (Å²) in [5.74, 6) is 2.48. The van der Waals surface area contributed by atoms with Gasteiger partial charge in [-0.15, -0.1) is 0 Å². The summed E-state index contributed by atoms with van der Waals surface area (Å²) in [6.45, 7) is 59.9. The zero-order valence-corrected chi connectivity index (χ0v) is 53.6. The molecule has 4 fully saturated rings. The van der Waals surface area contributed by atoms with Crippen LogP contribution in [0, 0.1) is 5.41 Å². The number of nitrogens with one attached hydrogen (secondary N) is 6. The van der Waals surface area contributed by atoms with Crippen LogP contribution in [-0.4, -0.2) is 131 Å². The minimum Gasteiger partial charge on any atom is -0.349 e. The van der Waals surface area contributed by atoms with E-state index in [-0.39, 0.29) is 61.3 Å². The molecule has 0 bridgehead atoms. The highest BCUT2D eigenvalue weighted by Gasteiger charge is 2.45. The van der Waals surface area contributed by atoms with Crippen molar-refractivity contribution >= 4 is 11.9 Å². The second-order valence-electron chi connectivity index (χ2n) is 32.4. The predicted octanol–water partition coefficient (Wildman–Crippen LogP) is 12.9. The first kappa shape index (κ1) is 64.2. The second-order valence-corrected chi connectivity index (χ2v) is 32.4. The molecule has 4 aliphatic heterocycles. The van der Waals surface area contributed by atoms with E-state index in [0.717, 1.165) is 82.4 Å². The Morgan fingerprint density at radius 3 is 1.39 bits per heavy atom. The maximum absolute atomic E-state index is 5.72. The average molecular weight is 1050 g/mol. The Bertz CT molecular complexity index is 1860. The zero-order valence-electron chi connectivity index (χ0n) is 53.6. The molecule has 0 radical (unpaired) electrons. The van der Waals surface area contributed by atoms with Crippen LogP contribution in [0.2, 0.25) is 0 Å². The van der Waals surface area contributed by atoms with E-state index < -0.39 is 0 Å². The first-order valence-corrected chi connectivity index (χ1v) is 30.9. The molecule has 436 valence electrons. The number of aromatic nitrogens is 3. The van der Waals surface area contributed by atoms with E-state index in [2.05, 4.69) is 206 Å². The summed E-state index contributed by atoms with van der Waals surface area (Å²) >= 11 is 0. The van der Waals surface area contributed by atoms with Crippen LogP contribution in [0.15, 0.2) is 0 Å². The zero-order chi connectivity index (χ0) is 56.3. The molecule has 1 unspecified atom stereocenters. The number of rotatable bonds is 25. The van der Waals surface area contributed by atoms with Gasteiger partial charge in [0.05, 0.1) is 6.04 Å². The summed E-state index contributed by atoms with van der Waals surface area (Å²) in [5.41, 5.74) is 0.554. The number of unbranched alkanes of at least 4 members (excludes halogenated alkanes) is 6. The van der Waals surface area contributed by atoms with E-state index in [1.54, 1.807) is 0 Å².